The molecule has 1 aromatic heterocycles. The fourth-order valence-electron chi connectivity index (χ4n) is 3.80. The molecule has 138 valence electrons. The lowest BCUT2D eigenvalue weighted by Crippen LogP contribution is -2.46. The van der Waals surface area contributed by atoms with E-state index in [0.717, 1.165) is 44.6 Å². The van der Waals surface area contributed by atoms with Gasteiger partial charge in [0.05, 0.1) is 12.3 Å². The maximum Gasteiger partial charge on any atom is 0.257 e. The number of piperidine rings is 1. The maximum atomic E-state index is 12.7. The van der Waals surface area contributed by atoms with Gasteiger partial charge in [-0.05, 0) is 25.7 Å². The van der Waals surface area contributed by atoms with E-state index < -0.39 is 0 Å². The summed E-state index contributed by atoms with van der Waals surface area (Å²) in [6.07, 6.45) is 6.18. The average molecular weight is 355 g/mol. The molecule has 6 heteroatoms. The molecule has 1 atom stereocenters. The Balaban J connectivity index is 1.31. The molecule has 1 N–H and O–H groups in total. The summed E-state index contributed by atoms with van der Waals surface area (Å²) in [6.45, 7) is 3.92. The number of amides is 1. The first-order valence-corrected chi connectivity index (χ1v) is 9.44. The Hall–Kier alpha value is -2.18. The van der Waals surface area contributed by atoms with Gasteiger partial charge >= 0.3 is 0 Å². The first kappa shape index (κ1) is 17.2. The highest BCUT2D eigenvalue weighted by Gasteiger charge is 2.26. The number of carbonyl (C=O) groups is 1. The predicted octanol–water partition coefficient (Wildman–Crippen LogP) is 2.71. The topological polar surface area (TPSA) is 67.6 Å². The van der Waals surface area contributed by atoms with Crippen LogP contribution in [0.4, 0.5) is 0 Å². The van der Waals surface area contributed by atoms with E-state index in [9.17, 15) is 4.79 Å². The molecule has 26 heavy (non-hydrogen) atoms. The fraction of sp³-hybridized carbons (Fsp3) is 0.500. The molecule has 3 heterocycles. The van der Waals surface area contributed by atoms with Crippen molar-refractivity contribution in [3.05, 3.63) is 42.1 Å². The van der Waals surface area contributed by atoms with Gasteiger partial charge in [-0.1, -0.05) is 35.5 Å². The molecule has 0 radical (unpaired) electrons. The van der Waals surface area contributed by atoms with Crippen molar-refractivity contribution in [3.63, 3.8) is 0 Å². The van der Waals surface area contributed by atoms with Gasteiger partial charge < -0.3 is 19.5 Å². The Morgan fingerprint density at radius 2 is 2.00 bits per heavy atom. The molecule has 1 aromatic carbocycles. The number of rotatable bonds is 5. The van der Waals surface area contributed by atoms with Crippen LogP contribution in [0, 0.1) is 0 Å². The molecule has 6 nitrogen and oxygen atoms in total. The van der Waals surface area contributed by atoms with E-state index in [4.69, 9.17) is 9.26 Å². The van der Waals surface area contributed by atoms with Crippen molar-refractivity contribution >= 4 is 5.91 Å². The van der Waals surface area contributed by atoms with E-state index in [1.807, 2.05) is 30.3 Å². The molecule has 2 fully saturated rings. The van der Waals surface area contributed by atoms with E-state index >= 15 is 0 Å². The quantitative estimate of drug-likeness (QED) is 0.893. The van der Waals surface area contributed by atoms with Crippen LogP contribution in [-0.4, -0.2) is 54.4 Å². The third kappa shape index (κ3) is 3.97. The highest BCUT2D eigenvalue weighted by molar-refractivity contribution is 5.99. The Kier molecular flexibility index (Phi) is 5.32. The van der Waals surface area contributed by atoms with Crippen molar-refractivity contribution in [1.29, 1.82) is 0 Å². The first-order chi connectivity index (χ1) is 12.8. The number of aromatic nitrogens is 1. The van der Waals surface area contributed by atoms with Gasteiger partial charge in [-0.25, -0.2) is 0 Å². The number of hydrogen-bond acceptors (Lipinski definition) is 5. The molecule has 0 aliphatic carbocycles. The predicted molar refractivity (Wildman–Crippen MR) is 97.8 cm³/mol. The van der Waals surface area contributed by atoms with E-state index in [1.54, 1.807) is 0 Å². The number of nitrogens with one attached hydrogen (secondary N) is 1. The number of carbonyl (C=O) groups excluding carboxylic acids is 1. The Morgan fingerprint density at radius 1 is 1.19 bits per heavy atom. The number of ether oxygens (including phenoxy) is 1. The zero-order valence-corrected chi connectivity index (χ0v) is 14.9. The van der Waals surface area contributed by atoms with Crippen LogP contribution >= 0.6 is 0 Å². The second kappa shape index (κ2) is 8.01. The zero-order valence-electron chi connectivity index (χ0n) is 14.9. The summed E-state index contributed by atoms with van der Waals surface area (Å²) in [5.41, 5.74) is 1.36. The number of nitrogens with zero attached hydrogens (tertiary/aromatic N) is 2. The monoisotopic (exact) mass is 355 g/mol. The summed E-state index contributed by atoms with van der Waals surface area (Å²) in [5, 5.41) is 6.97. The molecule has 0 spiro atoms. The van der Waals surface area contributed by atoms with Crippen molar-refractivity contribution in [2.24, 2.45) is 0 Å². The molecule has 1 amide bonds. The average Bonchev–Trinajstić information content (AvgIpc) is 3.36. The third-order valence-corrected chi connectivity index (χ3v) is 5.26. The standard InChI is InChI=1S/C20H25N3O3/c24-20(18-13-21-26-19(18)15-5-2-1-3-6-15)22-16-8-10-23(11-9-16)14-17-7-4-12-25-17/h1-3,5-6,13,16-17H,4,7-12,14H2,(H,22,24)/t17-/m0/s1. The highest BCUT2D eigenvalue weighted by Crippen LogP contribution is 2.24. The minimum absolute atomic E-state index is 0.109. The summed E-state index contributed by atoms with van der Waals surface area (Å²) in [6, 6.07) is 9.81. The van der Waals surface area contributed by atoms with Gasteiger partial charge in [0, 0.05) is 37.8 Å². The summed E-state index contributed by atoms with van der Waals surface area (Å²) in [4.78, 5) is 15.1. The molecule has 0 saturated carbocycles. The van der Waals surface area contributed by atoms with Gasteiger partial charge in [-0.15, -0.1) is 0 Å². The molecule has 2 saturated heterocycles. The summed E-state index contributed by atoms with van der Waals surface area (Å²) in [7, 11) is 0. The normalized spacial score (nSPS) is 21.8. The molecule has 0 bridgehead atoms. The van der Waals surface area contributed by atoms with Gasteiger partial charge in [0.2, 0.25) is 0 Å². The molecule has 4 rings (SSSR count). The number of likely N-dealkylation sites (tertiary alicyclic amines) is 1. The van der Waals surface area contributed by atoms with Crippen molar-refractivity contribution < 1.29 is 14.1 Å². The molecule has 0 unspecified atom stereocenters. The van der Waals surface area contributed by atoms with Crippen molar-refractivity contribution in [2.45, 2.75) is 37.8 Å². The Bertz CT molecular complexity index is 717. The SMILES string of the molecule is O=C(NC1CCN(C[C@@H]2CCCO2)CC1)c1cnoc1-c1ccccc1. The molecule has 2 aliphatic heterocycles. The lowest BCUT2D eigenvalue weighted by Gasteiger charge is -2.33. The van der Waals surface area contributed by atoms with Crippen LogP contribution in [-0.2, 0) is 4.74 Å². The van der Waals surface area contributed by atoms with Crippen LogP contribution in [0.1, 0.15) is 36.0 Å². The summed E-state index contributed by atoms with van der Waals surface area (Å²) in [5.74, 6) is 0.418. The summed E-state index contributed by atoms with van der Waals surface area (Å²) >= 11 is 0. The summed E-state index contributed by atoms with van der Waals surface area (Å²) < 4.78 is 11.0. The number of hydrogen-bond donors (Lipinski definition) is 1. The van der Waals surface area contributed by atoms with E-state index in [-0.39, 0.29) is 11.9 Å². The smallest absolute Gasteiger partial charge is 0.257 e. The number of benzene rings is 1. The van der Waals surface area contributed by atoms with Gasteiger partial charge in [0.15, 0.2) is 5.76 Å². The largest absolute Gasteiger partial charge is 0.377 e. The first-order valence-electron chi connectivity index (χ1n) is 9.44. The van der Waals surface area contributed by atoms with Crippen molar-refractivity contribution in [2.75, 3.05) is 26.2 Å². The van der Waals surface area contributed by atoms with E-state index in [2.05, 4.69) is 15.4 Å². The second-order valence-electron chi connectivity index (χ2n) is 7.12. The van der Waals surface area contributed by atoms with Crippen LogP contribution in [0.5, 0.6) is 0 Å². The van der Waals surface area contributed by atoms with Crippen LogP contribution in [0.3, 0.4) is 0 Å². The van der Waals surface area contributed by atoms with Crippen LogP contribution < -0.4 is 5.32 Å². The lowest BCUT2D eigenvalue weighted by molar-refractivity contribution is 0.0613. The van der Waals surface area contributed by atoms with E-state index in [0.29, 0.717) is 17.4 Å². The minimum Gasteiger partial charge on any atom is -0.377 e. The van der Waals surface area contributed by atoms with Gasteiger partial charge in [0.1, 0.15) is 5.56 Å². The minimum atomic E-state index is -0.109. The van der Waals surface area contributed by atoms with Gasteiger partial charge in [-0.2, -0.15) is 0 Å². The third-order valence-electron chi connectivity index (χ3n) is 5.26. The van der Waals surface area contributed by atoms with Crippen molar-refractivity contribution in [1.82, 2.24) is 15.4 Å². The fourth-order valence-corrected chi connectivity index (χ4v) is 3.80. The van der Waals surface area contributed by atoms with Gasteiger partial charge in [0.25, 0.3) is 5.91 Å². The molecule has 2 aromatic rings. The maximum absolute atomic E-state index is 12.7. The zero-order chi connectivity index (χ0) is 17.8. The van der Waals surface area contributed by atoms with Crippen LogP contribution in [0.15, 0.2) is 41.1 Å². The van der Waals surface area contributed by atoms with Crippen LogP contribution in [0.2, 0.25) is 0 Å². The van der Waals surface area contributed by atoms with E-state index in [1.165, 1.54) is 19.0 Å². The molecular weight excluding hydrogens is 330 g/mol. The van der Waals surface area contributed by atoms with Crippen molar-refractivity contribution in [3.8, 4) is 11.3 Å². The molecule has 2 aliphatic rings. The van der Waals surface area contributed by atoms with Crippen LogP contribution in [0.25, 0.3) is 11.3 Å². The Morgan fingerprint density at radius 3 is 2.73 bits per heavy atom. The lowest BCUT2D eigenvalue weighted by atomic mass is 10.0. The highest BCUT2D eigenvalue weighted by atomic mass is 16.5. The second-order valence-corrected chi connectivity index (χ2v) is 7.12. The Labute approximate surface area is 153 Å². The molecular formula is C20H25N3O3. The van der Waals surface area contributed by atoms with Gasteiger partial charge in [-0.3, -0.25) is 4.79 Å².